The molecule has 2 atom stereocenters. The second-order valence-corrected chi connectivity index (χ2v) is 10.7. The quantitative estimate of drug-likeness (QED) is 0.528. The first kappa shape index (κ1) is 22.0. The van der Waals surface area contributed by atoms with Crippen molar-refractivity contribution in [1.29, 1.82) is 0 Å². The van der Waals surface area contributed by atoms with Crippen LogP contribution in [0.2, 0.25) is 0 Å². The Labute approximate surface area is 199 Å². The zero-order chi connectivity index (χ0) is 22.9. The maximum Gasteiger partial charge on any atom is 0.227 e. The lowest BCUT2D eigenvalue weighted by Crippen LogP contribution is -2.39. The van der Waals surface area contributed by atoms with Gasteiger partial charge in [0.15, 0.2) is 11.0 Å². The van der Waals surface area contributed by atoms with Gasteiger partial charge in [-0.15, -0.1) is 10.2 Å². The van der Waals surface area contributed by atoms with Gasteiger partial charge in [0.25, 0.3) is 0 Å². The van der Waals surface area contributed by atoms with E-state index < -0.39 is 0 Å². The SMILES string of the molecule is C[C@@H]1C[C@H](C)CN(c2cc(NC(=O)C3CC3)ccc2-c2nnc(Sc3ccccc3)n2C)C1. The first-order valence-corrected chi connectivity index (χ1v) is 12.6. The average Bonchev–Trinajstić information content (AvgIpc) is 3.59. The maximum atomic E-state index is 12.4. The summed E-state index contributed by atoms with van der Waals surface area (Å²) in [4.78, 5) is 16.0. The van der Waals surface area contributed by atoms with E-state index in [1.54, 1.807) is 11.8 Å². The summed E-state index contributed by atoms with van der Waals surface area (Å²) in [6, 6.07) is 16.5. The van der Waals surface area contributed by atoms with Crippen LogP contribution in [0.1, 0.15) is 33.1 Å². The minimum atomic E-state index is 0.134. The largest absolute Gasteiger partial charge is 0.370 e. The summed E-state index contributed by atoms with van der Waals surface area (Å²) in [6.07, 6.45) is 3.24. The van der Waals surface area contributed by atoms with E-state index in [2.05, 4.69) is 63.1 Å². The molecule has 2 aromatic carbocycles. The smallest absolute Gasteiger partial charge is 0.227 e. The summed E-state index contributed by atoms with van der Waals surface area (Å²) in [5, 5.41) is 13.1. The van der Waals surface area contributed by atoms with E-state index in [9.17, 15) is 4.79 Å². The topological polar surface area (TPSA) is 63.1 Å². The van der Waals surface area contributed by atoms with Gasteiger partial charge in [-0.1, -0.05) is 32.0 Å². The zero-order valence-corrected chi connectivity index (χ0v) is 20.3. The van der Waals surface area contributed by atoms with Gasteiger partial charge in [0.2, 0.25) is 5.91 Å². The van der Waals surface area contributed by atoms with Crippen LogP contribution in [0.4, 0.5) is 11.4 Å². The number of anilines is 2. The van der Waals surface area contributed by atoms with Gasteiger partial charge < -0.3 is 14.8 Å². The summed E-state index contributed by atoms with van der Waals surface area (Å²) < 4.78 is 2.07. The first-order chi connectivity index (χ1) is 16.0. The number of benzene rings is 2. The third kappa shape index (κ3) is 4.93. The number of carbonyl (C=O) groups is 1. The molecule has 1 saturated heterocycles. The fraction of sp³-hybridized carbons (Fsp3) is 0.423. The highest BCUT2D eigenvalue weighted by molar-refractivity contribution is 7.99. The molecule has 1 aliphatic carbocycles. The van der Waals surface area contributed by atoms with E-state index in [-0.39, 0.29) is 11.8 Å². The van der Waals surface area contributed by atoms with Crippen molar-refractivity contribution in [2.24, 2.45) is 24.8 Å². The van der Waals surface area contributed by atoms with Crippen molar-refractivity contribution in [2.45, 2.75) is 43.2 Å². The van der Waals surface area contributed by atoms with Crippen LogP contribution < -0.4 is 10.2 Å². The number of aromatic nitrogens is 3. The van der Waals surface area contributed by atoms with Crippen LogP contribution in [-0.2, 0) is 11.8 Å². The lowest BCUT2D eigenvalue weighted by atomic mass is 9.91. The number of hydrogen-bond acceptors (Lipinski definition) is 5. The highest BCUT2D eigenvalue weighted by Gasteiger charge is 2.30. The summed E-state index contributed by atoms with van der Waals surface area (Å²) >= 11 is 1.61. The van der Waals surface area contributed by atoms with Crippen molar-refractivity contribution in [3.8, 4) is 11.4 Å². The molecule has 1 N–H and O–H groups in total. The van der Waals surface area contributed by atoms with Gasteiger partial charge in [-0.25, -0.2) is 0 Å². The number of nitrogens with zero attached hydrogens (tertiary/aromatic N) is 4. The molecule has 1 saturated carbocycles. The Bertz CT molecular complexity index is 1130. The number of hydrogen-bond donors (Lipinski definition) is 1. The molecule has 172 valence electrons. The Morgan fingerprint density at radius 3 is 2.45 bits per heavy atom. The second-order valence-electron chi connectivity index (χ2n) is 9.63. The number of amides is 1. The van der Waals surface area contributed by atoms with Crippen molar-refractivity contribution in [2.75, 3.05) is 23.3 Å². The van der Waals surface area contributed by atoms with E-state index in [0.717, 1.165) is 58.7 Å². The van der Waals surface area contributed by atoms with Crippen LogP contribution in [0.3, 0.4) is 0 Å². The molecule has 1 aliphatic heterocycles. The Hall–Kier alpha value is -2.80. The number of rotatable bonds is 6. The zero-order valence-electron chi connectivity index (χ0n) is 19.5. The van der Waals surface area contributed by atoms with E-state index in [1.165, 1.54) is 6.42 Å². The minimum Gasteiger partial charge on any atom is -0.370 e. The highest BCUT2D eigenvalue weighted by Crippen LogP contribution is 2.38. The van der Waals surface area contributed by atoms with Gasteiger partial charge in [0.05, 0.1) is 0 Å². The monoisotopic (exact) mass is 461 g/mol. The van der Waals surface area contributed by atoms with Crippen LogP contribution >= 0.6 is 11.8 Å². The number of carbonyl (C=O) groups excluding carboxylic acids is 1. The van der Waals surface area contributed by atoms with Gasteiger partial charge in [0.1, 0.15) is 0 Å². The normalized spacial score (nSPS) is 20.6. The Morgan fingerprint density at radius 2 is 1.76 bits per heavy atom. The summed E-state index contributed by atoms with van der Waals surface area (Å²) in [5.41, 5.74) is 3.03. The van der Waals surface area contributed by atoms with Crippen LogP contribution in [0.25, 0.3) is 11.4 Å². The van der Waals surface area contributed by atoms with Crippen molar-refractivity contribution in [3.05, 3.63) is 48.5 Å². The molecule has 7 heteroatoms. The van der Waals surface area contributed by atoms with E-state index in [1.807, 2.05) is 31.3 Å². The number of nitrogens with one attached hydrogen (secondary N) is 1. The number of piperidine rings is 1. The fourth-order valence-corrected chi connectivity index (χ4v) is 5.55. The van der Waals surface area contributed by atoms with Crippen LogP contribution in [0.15, 0.2) is 58.6 Å². The van der Waals surface area contributed by atoms with Gasteiger partial charge in [-0.3, -0.25) is 4.79 Å². The molecular formula is C26H31N5OS. The molecule has 1 aromatic heterocycles. The standard InChI is InChI=1S/C26H31N5OS/c1-17-13-18(2)16-31(15-17)23-14-20(27-25(32)19-9-10-19)11-12-22(23)24-28-29-26(30(24)3)33-21-7-5-4-6-8-21/h4-8,11-12,14,17-19H,9-10,13,15-16H2,1-3H3,(H,27,32)/t17-,18+. The molecule has 0 spiro atoms. The highest BCUT2D eigenvalue weighted by atomic mass is 32.2. The van der Waals surface area contributed by atoms with Gasteiger partial charge >= 0.3 is 0 Å². The molecule has 0 unspecified atom stereocenters. The minimum absolute atomic E-state index is 0.134. The summed E-state index contributed by atoms with van der Waals surface area (Å²) in [5.74, 6) is 2.40. The third-order valence-corrected chi connectivity index (χ3v) is 7.50. The van der Waals surface area contributed by atoms with Crippen LogP contribution in [0, 0.1) is 17.8 Å². The van der Waals surface area contributed by atoms with Crippen LogP contribution in [-0.4, -0.2) is 33.8 Å². The average molecular weight is 462 g/mol. The maximum absolute atomic E-state index is 12.4. The lowest BCUT2D eigenvalue weighted by Gasteiger charge is -2.37. The molecule has 0 bridgehead atoms. The molecular weight excluding hydrogens is 430 g/mol. The molecule has 5 rings (SSSR count). The van der Waals surface area contributed by atoms with Crippen molar-refractivity contribution in [3.63, 3.8) is 0 Å². The van der Waals surface area contributed by atoms with E-state index >= 15 is 0 Å². The Kier molecular flexibility index (Phi) is 6.15. The molecule has 1 amide bonds. The molecule has 2 fully saturated rings. The van der Waals surface area contributed by atoms with Crippen LogP contribution in [0.5, 0.6) is 0 Å². The fourth-order valence-electron chi connectivity index (χ4n) is 4.74. The molecule has 2 aliphatic rings. The molecule has 0 radical (unpaired) electrons. The predicted molar refractivity (Wildman–Crippen MR) is 134 cm³/mol. The Balaban J connectivity index is 1.50. The summed E-state index contributed by atoms with van der Waals surface area (Å²) in [7, 11) is 2.02. The molecule has 2 heterocycles. The van der Waals surface area contributed by atoms with Gasteiger partial charge in [-0.2, -0.15) is 0 Å². The second kappa shape index (κ2) is 9.21. The molecule has 33 heavy (non-hydrogen) atoms. The Morgan fingerprint density at radius 1 is 1.03 bits per heavy atom. The molecule has 6 nitrogen and oxygen atoms in total. The lowest BCUT2D eigenvalue weighted by molar-refractivity contribution is -0.117. The van der Waals surface area contributed by atoms with Gasteiger partial charge in [-0.05, 0) is 73.2 Å². The van der Waals surface area contributed by atoms with Crippen molar-refractivity contribution >= 4 is 29.0 Å². The van der Waals surface area contributed by atoms with Crippen molar-refractivity contribution < 1.29 is 4.79 Å². The summed E-state index contributed by atoms with van der Waals surface area (Å²) in [6.45, 7) is 6.64. The third-order valence-electron chi connectivity index (χ3n) is 6.45. The molecule has 3 aromatic rings. The van der Waals surface area contributed by atoms with E-state index in [0.29, 0.717) is 11.8 Å². The van der Waals surface area contributed by atoms with E-state index in [4.69, 9.17) is 0 Å². The van der Waals surface area contributed by atoms with Crippen molar-refractivity contribution in [1.82, 2.24) is 14.8 Å². The predicted octanol–water partition coefficient (Wildman–Crippen LogP) is 5.46. The first-order valence-electron chi connectivity index (χ1n) is 11.8. The van der Waals surface area contributed by atoms with Gasteiger partial charge in [0, 0.05) is 47.9 Å².